The third-order valence-electron chi connectivity index (χ3n) is 3.47. The lowest BCUT2D eigenvalue weighted by atomic mass is 9.92. The van der Waals surface area contributed by atoms with Crippen LogP contribution in [0, 0.1) is 11.3 Å². The molecule has 1 aliphatic rings. The molecular formula is C11H15Cl2N3. The number of aromatic nitrogens is 2. The highest BCUT2D eigenvalue weighted by Gasteiger charge is 2.44. The van der Waals surface area contributed by atoms with Gasteiger partial charge in [0.05, 0.1) is 5.69 Å². The van der Waals surface area contributed by atoms with Gasteiger partial charge in [0.2, 0.25) is 0 Å². The molecule has 0 unspecified atom stereocenters. The van der Waals surface area contributed by atoms with Crippen molar-refractivity contribution in [3.8, 4) is 0 Å². The van der Waals surface area contributed by atoms with Gasteiger partial charge in [-0.15, -0.1) is 10.2 Å². The molecule has 0 bridgehead atoms. The second-order valence-corrected chi connectivity index (χ2v) is 5.49. The van der Waals surface area contributed by atoms with Crippen molar-refractivity contribution in [2.45, 2.75) is 26.7 Å². The molecule has 1 aromatic heterocycles. The summed E-state index contributed by atoms with van der Waals surface area (Å²) < 4.78 is 0. The van der Waals surface area contributed by atoms with Crippen molar-refractivity contribution in [1.29, 1.82) is 0 Å². The number of hydrogen-bond acceptors (Lipinski definition) is 3. The lowest BCUT2D eigenvalue weighted by molar-refractivity contribution is 0.380. The van der Waals surface area contributed by atoms with Gasteiger partial charge in [-0.05, 0) is 24.2 Å². The van der Waals surface area contributed by atoms with Gasteiger partial charge in [-0.1, -0.05) is 37.0 Å². The molecule has 0 spiro atoms. The molecule has 1 N–H and O–H groups in total. The predicted molar refractivity (Wildman–Crippen MR) is 67.0 cm³/mol. The number of halogens is 2. The van der Waals surface area contributed by atoms with Crippen LogP contribution in [0.5, 0.6) is 0 Å². The summed E-state index contributed by atoms with van der Waals surface area (Å²) in [5, 5.41) is 11.5. The van der Waals surface area contributed by atoms with Gasteiger partial charge in [0.25, 0.3) is 0 Å². The summed E-state index contributed by atoms with van der Waals surface area (Å²) in [6, 6.07) is 1.72. The van der Waals surface area contributed by atoms with E-state index >= 15 is 0 Å². The monoisotopic (exact) mass is 259 g/mol. The summed E-state index contributed by atoms with van der Waals surface area (Å²) in [6.45, 7) is 5.44. The van der Waals surface area contributed by atoms with E-state index in [2.05, 4.69) is 29.4 Å². The minimum atomic E-state index is 0.362. The minimum Gasteiger partial charge on any atom is -0.382 e. The van der Waals surface area contributed by atoms with Gasteiger partial charge in [0.1, 0.15) is 0 Å². The SMILES string of the molecule is CC(C)C1(CNc2cc(Cl)nnc2Cl)CC1. The molecule has 88 valence electrons. The van der Waals surface area contributed by atoms with Crippen molar-refractivity contribution >= 4 is 28.9 Å². The summed E-state index contributed by atoms with van der Waals surface area (Å²) in [7, 11) is 0. The Morgan fingerprint density at radius 1 is 1.38 bits per heavy atom. The Balaban J connectivity index is 2.02. The van der Waals surface area contributed by atoms with Crippen LogP contribution in [0.1, 0.15) is 26.7 Å². The van der Waals surface area contributed by atoms with E-state index in [1.54, 1.807) is 6.07 Å². The maximum atomic E-state index is 5.93. The molecule has 5 heteroatoms. The van der Waals surface area contributed by atoms with E-state index in [4.69, 9.17) is 23.2 Å². The van der Waals surface area contributed by atoms with Crippen molar-refractivity contribution < 1.29 is 0 Å². The topological polar surface area (TPSA) is 37.8 Å². The van der Waals surface area contributed by atoms with Crippen LogP contribution >= 0.6 is 23.2 Å². The maximum absolute atomic E-state index is 5.93. The summed E-state index contributed by atoms with van der Waals surface area (Å²) >= 11 is 11.7. The highest BCUT2D eigenvalue weighted by Crippen LogP contribution is 2.51. The lowest BCUT2D eigenvalue weighted by Crippen LogP contribution is -2.21. The molecule has 0 atom stereocenters. The highest BCUT2D eigenvalue weighted by atomic mass is 35.5. The zero-order valence-electron chi connectivity index (χ0n) is 9.43. The van der Waals surface area contributed by atoms with Crippen LogP contribution in [0.2, 0.25) is 10.3 Å². The van der Waals surface area contributed by atoms with Crippen LogP contribution in [0.25, 0.3) is 0 Å². The fourth-order valence-corrected chi connectivity index (χ4v) is 2.17. The molecule has 1 saturated carbocycles. The van der Waals surface area contributed by atoms with Gasteiger partial charge >= 0.3 is 0 Å². The van der Waals surface area contributed by atoms with E-state index in [1.807, 2.05) is 0 Å². The van der Waals surface area contributed by atoms with Crippen molar-refractivity contribution in [3.63, 3.8) is 0 Å². The average Bonchev–Trinajstić information content (AvgIpc) is 3.00. The highest BCUT2D eigenvalue weighted by molar-refractivity contribution is 6.33. The Hall–Kier alpha value is -0.540. The van der Waals surface area contributed by atoms with Crippen molar-refractivity contribution in [2.75, 3.05) is 11.9 Å². The Bertz CT molecular complexity index is 389. The van der Waals surface area contributed by atoms with Gasteiger partial charge in [-0.2, -0.15) is 0 Å². The minimum absolute atomic E-state index is 0.362. The van der Waals surface area contributed by atoms with Crippen LogP contribution in [0.15, 0.2) is 6.07 Å². The maximum Gasteiger partial charge on any atom is 0.174 e. The summed E-state index contributed by atoms with van der Waals surface area (Å²) in [6.07, 6.45) is 2.56. The fraction of sp³-hybridized carbons (Fsp3) is 0.636. The normalized spacial score (nSPS) is 17.6. The predicted octanol–water partition coefficient (Wildman–Crippen LogP) is 3.63. The summed E-state index contributed by atoms with van der Waals surface area (Å²) in [4.78, 5) is 0. The largest absolute Gasteiger partial charge is 0.382 e. The smallest absolute Gasteiger partial charge is 0.174 e. The zero-order chi connectivity index (χ0) is 11.8. The van der Waals surface area contributed by atoms with Crippen molar-refractivity contribution in [1.82, 2.24) is 10.2 Å². The van der Waals surface area contributed by atoms with Gasteiger partial charge in [0.15, 0.2) is 10.3 Å². The second-order valence-electron chi connectivity index (χ2n) is 4.74. The number of nitrogens with zero attached hydrogens (tertiary/aromatic N) is 2. The average molecular weight is 260 g/mol. The first kappa shape index (κ1) is 11.9. The Morgan fingerprint density at radius 2 is 2.06 bits per heavy atom. The molecule has 0 amide bonds. The quantitative estimate of drug-likeness (QED) is 0.898. The number of nitrogens with one attached hydrogen (secondary N) is 1. The van der Waals surface area contributed by atoms with Gasteiger partial charge in [-0.25, -0.2) is 0 Å². The van der Waals surface area contributed by atoms with Crippen molar-refractivity contribution in [2.24, 2.45) is 11.3 Å². The van der Waals surface area contributed by atoms with E-state index in [0.717, 1.165) is 12.2 Å². The van der Waals surface area contributed by atoms with Crippen LogP contribution in [0.4, 0.5) is 5.69 Å². The Kier molecular flexibility index (Phi) is 3.27. The van der Waals surface area contributed by atoms with Crippen LogP contribution < -0.4 is 5.32 Å². The molecule has 1 fully saturated rings. The fourth-order valence-electron chi connectivity index (χ4n) is 1.87. The molecule has 0 radical (unpaired) electrons. The first-order chi connectivity index (χ1) is 7.53. The second kappa shape index (κ2) is 4.38. The van der Waals surface area contributed by atoms with E-state index < -0.39 is 0 Å². The Labute approximate surface area is 106 Å². The molecule has 3 nitrogen and oxygen atoms in total. The van der Waals surface area contributed by atoms with E-state index in [1.165, 1.54) is 12.8 Å². The zero-order valence-corrected chi connectivity index (χ0v) is 10.9. The number of hydrogen-bond donors (Lipinski definition) is 1. The van der Waals surface area contributed by atoms with E-state index in [9.17, 15) is 0 Å². The molecule has 0 saturated heterocycles. The van der Waals surface area contributed by atoms with Crippen LogP contribution in [-0.2, 0) is 0 Å². The summed E-state index contributed by atoms with van der Waals surface area (Å²) in [5.74, 6) is 0.684. The molecule has 1 heterocycles. The van der Waals surface area contributed by atoms with E-state index in [0.29, 0.717) is 21.6 Å². The third kappa shape index (κ3) is 2.41. The van der Waals surface area contributed by atoms with E-state index in [-0.39, 0.29) is 0 Å². The Morgan fingerprint density at radius 3 is 2.62 bits per heavy atom. The first-order valence-electron chi connectivity index (χ1n) is 5.46. The summed E-state index contributed by atoms with van der Waals surface area (Å²) in [5.41, 5.74) is 1.20. The van der Waals surface area contributed by atoms with Gasteiger partial charge in [-0.3, -0.25) is 0 Å². The molecule has 0 aromatic carbocycles. The van der Waals surface area contributed by atoms with Gasteiger partial charge in [0, 0.05) is 12.6 Å². The standard InChI is InChI=1S/C11H15Cl2N3/c1-7(2)11(3-4-11)6-14-8-5-9(12)15-16-10(8)13/h5,7H,3-4,6H2,1-2H3,(H,14,15). The molecule has 2 rings (SSSR count). The lowest BCUT2D eigenvalue weighted by Gasteiger charge is -2.20. The van der Waals surface area contributed by atoms with Crippen LogP contribution in [-0.4, -0.2) is 16.7 Å². The molecule has 16 heavy (non-hydrogen) atoms. The van der Waals surface area contributed by atoms with Gasteiger partial charge < -0.3 is 5.32 Å². The third-order valence-corrected chi connectivity index (χ3v) is 3.93. The number of rotatable bonds is 4. The first-order valence-corrected chi connectivity index (χ1v) is 6.22. The molecule has 1 aromatic rings. The van der Waals surface area contributed by atoms with Crippen molar-refractivity contribution in [3.05, 3.63) is 16.4 Å². The molecule has 1 aliphatic carbocycles. The molecule has 0 aliphatic heterocycles. The molecular weight excluding hydrogens is 245 g/mol. The number of anilines is 1. The van der Waals surface area contributed by atoms with Crippen LogP contribution in [0.3, 0.4) is 0 Å².